The van der Waals surface area contributed by atoms with Crippen molar-refractivity contribution in [1.29, 1.82) is 0 Å². The summed E-state index contributed by atoms with van der Waals surface area (Å²) in [6.07, 6.45) is 3.64. The molecule has 1 aliphatic carbocycles. The van der Waals surface area contributed by atoms with E-state index < -0.39 is 0 Å². The van der Waals surface area contributed by atoms with Crippen molar-refractivity contribution >= 4 is 5.96 Å². The Balaban J connectivity index is 2.09. The quantitative estimate of drug-likeness (QED) is 0.240. The zero-order valence-electron chi connectivity index (χ0n) is 7.52. The second kappa shape index (κ2) is 3.41. The van der Waals surface area contributed by atoms with Crippen LogP contribution in [-0.2, 0) is 4.74 Å². The Hall–Kier alpha value is -0.970. The second-order valence-electron chi connectivity index (χ2n) is 3.56. The molecule has 1 heterocycles. The molecule has 2 aliphatic rings. The fourth-order valence-electron chi connectivity index (χ4n) is 2.27. The maximum absolute atomic E-state index is 8.59. The summed E-state index contributed by atoms with van der Waals surface area (Å²) in [6, 6.07) is 0.324. The van der Waals surface area contributed by atoms with Crippen molar-refractivity contribution in [2.24, 2.45) is 10.9 Å². The molecule has 5 nitrogen and oxygen atoms in total. The summed E-state index contributed by atoms with van der Waals surface area (Å²) in [6.45, 7) is 1.41. The van der Waals surface area contributed by atoms with Crippen LogP contribution < -0.4 is 5.73 Å². The van der Waals surface area contributed by atoms with Gasteiger partial charge in [0.2, 0.25) is 5.96 Å². The van der Waals surface area contributed by atoms with Crippen molar-refractivity contribution in [3.8, 4) is 0 Å². The number of nitrogens with two attached hydrogens (primary N) is 1. The summed E-state index contributed by atoms with van der Waals surface area (Å²) in [5, 5.41) is 11.6. The van der Waals surface area contributed by atoms with E-state index in [0.29, 0.717) is 12.6 Å². The summed E-state index contributed by atoms with van der Waals surface area (Å²) >= 11 is 0. The lowest BCUT2D eigenvalue weighted by Crippen LogP contribution is -2.53. The Morgan fingerprint density at radius 2 is 2.38 bits per heavy atom. The first-order valence-corrected chi connectivity index (χ1v) is 4.68. The van der Waals surface area contributed by atoms with Crippen LogP contribution in [0, 0.1) is 0 Å². The minimum absolute atomic E-state index is 0.222. The summed E-state index contributed by atoms with van der Waals surface area (Å²) in [4.78, 5) is 1.95. The van der Waals surface area contributed by atoms with Crippen LogP contribution in [0.2, 0.25) is 0 Å². The SMILES string of the molecule is N/C(=N\O)N1CCOC2CCCC21. The van der Waals surface area contributed by atoms with Crippen LogP contribution in [0.1, 0.15) is 19.3 Å². The van der Waals surface area contributed by atoms with Crippen molar-refractivity contribution in [2.45, 2.75) is 31.4 Å². The van der Waals surface area contributed by atoms with Crippen LogP contribution in [0.5, 0.6) is 0 Å². The van der Waals surface area contributed by atoms with Crippen LogP contribution >= 0.6 is 0 Å². The van der Waals surface area contributed by atoms with E-state index in [1.807, 2.05) is 4.90 Å². The van der Waals surface area contributed by atoms with Gasteiger partial charge in [0.1, 0.15) is 0 Å². The van der Waals surface area contributed by atoms with Crippen LogP contribution in [0.25, 0.3) is 0 Å². The van der Waals surface area contributed by atoms with Crippen molar-refractivity contribution in [3.05, 3.63) is 0 Å². The van der Waals surface area contributed by atoms with Crippen molar-refractivity contribution in [3.63, 3.8) is 0 Å². The molecule has 0 spiro atoms. The third-order valence-corrected chi connectivity index (χ3v) is 2.88. The standard InChI is InChI=1S/C8H15N3O2/c9-8(10-12)11-4-5-13-7-3-1-2-6(7)11/h6-7,12H,1-5H2,(H2,9,10). The maximum Gasteiger partial charge on any atom is 0.233 e. The highest BCUT2D eigenvalue weighted by atomic mass is 16.5. The molecule has 74 valence electrons. The van der Waals surface area contributed by atoms with Gasteiger partial charge in [0, 0.05) is 6.54 Å². The number of nitrogens with zero attached hydrogens (tertiary/aromatic N) is 2. The highest BCUT2D eigenvalue weighted by Crippen LogP contribution is 2.29. The van der Waals surface area contributed by atoms with Crippen LogP contribution in [0.4, 0.5) is 0 Å². The third kappa shape index (κ3) is 1.44. The largest absolute Gasteiger partial charge is 0.408 e. The molecule has 2 fully saturated rings. The van der Waals surface area contributed by atoms with E-state index in [9.17, 15) is 0 Å². The highest BCUT2D eigenvalue weighted by Gasteiger charge is 2.37. The average Bonchev–Trinajstić information content (AvgIpc) is 2.63. The van der Waals surface area contributed by atoms with Crippen LogP contribution in [0.3, 0.4) is 0 Å². The number of fused-ring (bicyclic) bond motifs is 1. The van der Waals surface area contributed by atoms with Gasteiger partial charge in [-0.15, -0.1) is 0 Å². The first kappa shape index (κ1) is 8.62. The lowest BCUT2D eigenvalue weighted by molar-refractivity contribution is -0.0306. The summed E-state index contributed by atoms with van der Waals surface area (Å²) in [5.41, 5.74) is 5.57. The molecule has 2 rings (SSSR count). The topological polar surface area (TPSA) is 71.1 Å². The number of hydrogen-bond acceptors (Lipinski definition) is 3. The molecule has 1 saturated heterocycles. The number of guanidine groups is 1. The number of ether oxygens (including phenoxy) is 1. The fourth-order valence-corrected chi connectivity index (χ4v) is 2.27. The molecule has 5 heteroatoms. The zero-order chi connectivity index (χ0) is 9.26. The molecular formula is C8H15N3O2. The summed E-state index contributed by atoms with van der Waals surface area (Å²) in [7, 11) is 0. The zero-order valence-corrected chi connectivity index (χ0v) is 7.52. The van der Waals surface area contributed by atoms with Gasteiger partial charge in [-0.3, -0.25) is 0 Å². The molecule has 0 aromatic heterocycles. The Morgan fingerprint density at radius 3 is 3.15 bits per heavy atom. The smallest absolute Gasteiger partial charge is 0.233 e. The van der Waals surface area contributed by atoms with E-state index in [4.69, 9.17) is 15.7 Å². The molecule has 13 heavy (non-hydrogen) atoms. The first-order valence-electron chi connectivity index (χ1n) is 4.68. The Kier molecular flexibility index (Phi) is 2.26. The highest BCUT2D eigenvalue weighted by molar-refractivity contribution is 5.77. The predicted molar refractivity (Wildman–Crippen MR) is 47.5 cm³/mol. The maximum atomic E-state index is 8.59. The molecule has 0 aromatic rings. The van der Waals surface area contributed by atoms with Crippen molar-refractivity contribution in [1.82, 2.24) is 4.90 Å². The summed E-state index contributed by atoms with van der Waals surface area (Å²) in [5.74, 6) is 0.222. The molecule has 0 radical (unpaired) electrons. The van der Waals surface area contributed by atoms with E-state index in [-0.39, 0.29) is 12.1 Å². The van der Waals surface area contributed by atoms with E-state index in [2.05, 4.69) is 5.16 Å². The lowest BCUT2D eigenvalue weighted by Gasteiger charge is -2.37. The number of morpholine rings is 1. The molecule has 3 N–H and O–H groups in total. The van der Waals surface area contributed by atoms with Gasteiger partial charge >= 0.3 is 0 Å². The third-order valence-electron chi connectivity index (χ3n) is 2.88. The van der Waals surface area contributed by atoms with Gasteiger partial charge in [0.15, 0.2) is 0 Å². The fraction of sp³-hybridized carbons (Fsp3) is 0.875. The minimum Gasteiger partial charge on any atom is -0.408 e. The molecule has 1 aliphatic heterocycles. The van der Waals surface area contributed by atoms with Gasteiger partial charge in [-0.05, 0) is 19.3 Å². The van der Waals surface area contributed by atoms with Gasteiger partial charge in [0.25, 0.3) is 0 Å². The van der Waals surface area contributed by atoms with Gasteiger partial charge in [-0.1, -0.05) is 5.16 Å². The number of hydrogen-bond donors (Lipinski definition) is 2. The van der Waals surface area contributed by atoms with Crippen LogP contribution in [0.15, 0.2) is 5.16 Å². The van der Waals surface area contributed by atoms with E-state index in [0.717, 1.165) is 19.4 Å². The normalized spacial score (nSPS) is 34.8. The van der Waals surface area contributed by atoms with Gasteiger partial charge in [-0.2, -0.15) is 0 Å². The molecular weight excluding hydrogens is 170 g/mol. The Morgan fingerprint density at radius 1 is 1.54 bits per heavy atom. The molecule has 0 bridgehead atoms. The second-order valence-corrected chi connectivity index (χ2v) is 3.56. The first-order chi connectivity index (χ1) is 6.33. The number of rotatable bonds is 0. The van der Waals surface area contributed by atoms with E-state index in [1.54, 1.807) is 0 Å². The molecule has 2 atom stereocenters. The Bertz CT molecular complexity index is 219. The van der Waals surface area contributed by atoms with E-state index in [1.165, 1.54) is 6.42 Å². The minimum atomic E-state index is 0.222. The molecule has 0 aromatic carbocycles. The molecule has 2 unspecified atom stereocenters. The molecule has 1 saturated carbocycles. The van der Waals surface area contributed by atoms with Gasteiger partial charge in [-0.25, -0.2) is 0 Å². The Labute approximate surface area is 77.1 Å². The van der Waals surface area contributed by atoms with Crippen molar-refractivity contribution in [2.75, 3.05) is 13.2 Å². The van der Waals surface area contributed by atoms with Crippen molar-refractivity contribution < 1.29 is 9.94 Å². The van der Waals surface area contributed by atoms with Gasteiger partial charge in [0.05, 0.1) is 18.8 Å². The van der Waals surface area contributed by atoms with E-state index >= 15 is 0 Å². The number of oxime groups is 1. The lowest BCUT2D eigenvalue weighted by atomic mass is 10.1. The average molecular weight is 185 g/mol. The van der Waals surface area contributed by atoms with Crippen LogP contribution in [-0.4, -0.2) is 41.4 Å². The molecule has 0 amide bonds. The monoisotopic (exact) mass is 185 g/mol. The van der Waals surface area contributed by atoms with Gasteiger partial charge < -0.3 is 20.6 Å². The predicted octanol–water partition coefficient (Wildman–Crippen LogP) is -0.0564. The summed E-state index contributed by atoms with van der Waals surface area (Å²) < 4.78 is 5.59.